The molecule has 0 aromatic heterocycles. The number of nitrogens with two attached hydrogens (primary N) is 2. The lowest BCUT2D eigenvalue weighted by molar-refractivity contribution is -0.167. The monoisotopic (exact) mass is 621 g/mol. The zero-order chi connectivity index (χ0) is 33.4. The van der Waals surface area contributed by atoms with Gasteiger partial charge in [0.15, 0.2) is 5.66 Å². The molecule has 0 aromatic rings. The van der Waals surface area contributed by atoms with Crippen molar-refractivity contribution in [2.45, 2.75) is 205 Å². The van der Waals surface area contributed by atoms with Gasteiger partial charge >= 0.3 is 0 Å². The van der Waals surface area contributed by atoms with Crippen LogP contribution in [0.3, 0.4) is 0 Å². The van der Waals surface area contributed by atoms with Crippen LogP contribution in [-0.4, -0.2) is 74.6 Å². The molecule has 8 nitrogen and oxygen atoms in total. The standard InChI is InChI=1S/C36H72N6O2/c1-11-13-22-41(28-24-32(3,4)39-33(5,6)25-28)36(31(38)44,21-19-17-15-16-18-20-30(37)43)42(23-14-12-2)29-26-34(7,8)40-35(9,10)27-29/h28-29,39-40H,11-27H2,1-10H3,(H2,37,43)(H2,38,44). The van der Waals surface area contributed by atoms with Crippen molar-refractivity contribution in [3.05, 3.63) is 0 Å². The molecule has 2 amide bonds. The van der Waals surface area contributed by atoms with Gasteiger partial charge in [-0.15, -0.1) is 0 Å². The highest BCUT2D eigenvalue weighted by molar-refractivity contribution is 5.84. The minimum Gasteiger partial charge on any atom is -0.370 e. The molecule has 2 saturated heterocycles. The molecule has 2 rings (SSSR count). The van der Waals surface area contributed by atoms with Gasteiger partial charge in [-0.25, -0.2) is 0 Å². The van der Waals surface area contributed by atoms with Crippen molar-refractivity contribution in [3.8, 4) is 0 Å². The van der Waals surface area contributed by atoms with Crippen molar-refractivity contribution in [2.24, 2.45) is 11.5 Å². The van der Waals surface area contributed by atoms with Crippen LogP contribution in [-0.2, 0) is 9.59 Å². The second-order valence-electron chi connectivity index (χ2n) is 16.9. The molecule has 0 aliphatic carbocycles. The van der Waals surface area contributed by atoms with E-state index >= 15 is 0 Å². The summed E-state index contributed by atoms with van der Waals surface area (Å²) in [7, 11) is 0. The maximum atomic E-state index is 14.5. The summed E-state index contributed by atoms with van der Waals surface area (Å²) in [4.78, 5) is 30.9. The van der Waals surface area contributed by atoms with E-state index in [2.05, 4.69) is 89.7 Å². The Kier molecular flexibility index (Phi) is 14.2. The minimum atomic E-state index is -0.861. The minimum absolute atomic E-state index is 0.0479. The van der Waals surface area contributed by atoms with Gasteiger partial charge in [0, 0.05) is 53.7 Å². The molecule has 0 bridgehead atoms. The molecule has 0 unspecified atom stereocenters. The molecule has 2 fully saturated rings. The van der Waals surface area contributed by atoms with Crippen molar-refractivity contribution < 1.29 is 9.59 Å². The van der Waals surface area contributed by atoms with Crippen LogP contribution in [0.25, 0.3) is 0 Å². The number of unbranched alkanes of at least 4 members (excludes halogenated alkanes) is 6. The Hall–Kier alpha value is -1.22. The number of amides is 2. The van der Waals surface area contributed by atoms with Gasteiger partial charge in [-0.1, -0.05) is 46.0 Å². The molecule has 0 radical (unpaired) electrons. The smallest absolute Gasteiger partial charge is 0.253 e. The molecule has 0 atom stereocenters. The Morgan fingerprint density at radius 2 is 1.00 bits per heavy atom. The second kappa shape index (κ2) is 16.1. The molecule has 258 valence electrons. The second-order valence-corrected chi connectivity index (χ2v) is 16.9. The third-order valence-corrected chi connectivity index (χ3v) is 10.0. The fourth-order valence-electron chi connectivity index (χ4n) is 9.03. The Morgan fingerprint density at radius 3 is 1.34 bits per heavy atom. The summed E-state index contributed by atoms with van der Waals surface area (Å²) in [6.45, 7) is 24.7. The number of carbonyl (C=O) groups is 2. The molecule has 8 heteroatoms. The van der Waals surface area contributed by atoms with Gasteiger partial charge in [-0.05, 0) is 113 Å². The van der Waals surface area contributed by atoms with E-state index in [-0.39, 0.29) is 46.1 Å². The van der Waals surface area contributed by atoms with Crippen LogP contribution in [0.2, 0.25) is 0 Å². The summed E-state index contributed by atoms with van der Waals surface area (Å²) in [6.07, 6.45) is 14.1. The molecule has 2 heterocycles. The van der Waals surface area contributed by atoms with E-state index in [1.165, 1.54) is 0 Å². The van der Waals surface area contributed by atoms with Gasteiger partial charge in [-0.2, -0.15) is 0 Å². The predicted molar refractivity (Wildman–Crippen MR) is 185 cm³/mol. The summed E-state index contributed by atoms with van der Waals surface area (Å²) in [6, 6.07) is 0.477. The maximum Gasteiger partial charge on any atom is 0.253 e. The molecule has 0 saturated carbocycles. The van der Waals surface area contributed by atoms with E-state index in [1.54, 1.807) is 0 Å². The molecule has 44 heavy (non-hydrogen) atoms. The zero-order valence-corrected chi connectivity index (χ0v) is 30.5. The van der Waals surface area contributed by atoms with Gasteiger partial charge in [0.25, 0.3) is 5.91 Å². The highest BCUT2D eigenvalue weighted by Crippen LogP contribution is 2.42. The van der Waals surface area contributed by atoms with E-state index in [0.29, 0.717) is 6.42 Å². The number of hydrogen-bond acceptors (Lipinski definition) is 6. The summed E-state index contributed by atoms with van der Waals surface area (Å²) in [5.74, 6) is -0.404. The average molecular weight is 621 g/mol. The molecule has 2 aliphatic heterocycles. The normalized spacial score (nSPS) is 22.0. The summed E-state index contributed by atoms with van der Waals surface area (Å²) < 4.78 is 0. The first-order chi connectivity index (χ1) is 20.3. The zero-order valence-electron chi connectivity index (χ0n) is 30.5. The number of primary amides is 2. The third kappa shape index (κ3) is 11.2. The van der Waals surface area contributed by atoms with Gasteiger partial charge in [0.05, 0.1) is 0 Å². The Balaban J connectivity index is 2.66. The largest absolute Gasteiger partial charge is 0.370 e. The molecule has 6 N–H and O–H groups in total. The van der Waals surface area contributed by atoms with Gasteiger partial charge in [0.1, 0.15) is 0 Å². The van der Waals surface area contributed by atoms with Crippen LogP contribution in [0.5, 0.6) is 0 Å². The first-order valence-electron chi connectivity index (χ1n) is 18.0. The average Bonchev–Trinajstić information content (AvgIpc) is 2.83. The quantitative estimate of drug-likeness (QED) is 0.101. The Morgan fingerprint density at radius 1 is 0.636 bits per heavy atom. The lowest BCUT2D eigenvalue weighted by Crippen LogP contribution is -2.76. The van der Waals surface area contributed by atoms with Crippen LogP contribution in [0, 0.1) is 0 Å². The van der Waals surface area contributed by atoms with Gasteiger partial charge < -0.3 is 22.1 Å². The lowest BCUT2D eigenvalue weighted by Gasteiger charge is -2.60. The van der Waals surface area contributed by atoms with Crippen molar-refractivity contribution in [1.82, 2.24) is 20.4 Å². The van der Waals surface area contributed by atoms with Crippen LogP contribution < -0.4 is 22.1 Å². The Labute approximate surface area is 271 Å². The SMILES string of the molecule is CCCCN(C1CC(C)(C)NC(C)(C)C1)C(CCCCCCCC(N)=O)(C(N)=O)N(CCCC)C1CC(C)(C)NC(C)(C)C1. The number of carbonyl (C=O) groups excluding carboxylic acids is 2. The molecule has 0 aromatic carbocycles. The lowest BCUT2D eigenvalue weighted by atomic mass is 9.75. The highest BCUT2D eigenvalue weighted by Gasteiger charge is 2.55. The van der Waals surface area contributed by atoms with E-state index in [9.17, 15) is 9.59 Å². The van der Waals surface area contributed by atoms with Gasteiger partial charge in [0.2, 0.25) is 5.91 Å². The maximum absolute atomic E-state index is 14.5. The first-order valence-corrected chi connectivity index (χ1v) is 18.0. The number of rotatable bonds is 19. The van der Waals surface area contributed by atoms with Crippen molar-refractivity contribution >= 4 is 11.8 Å². The van der Waals surface area contributed by atoms with Crippen molar-refractivity contribution in [3.63, 3.8) is 0 Å². The van der Waals surface area contributed by atoms with Crippen LogP contribution >= 0.6 is 0 Å². The molecule has 2 aliphatic rings. The topological polar surface area (TPSA) is 117 Å². The summed E-state index contributed by atoms with van der Waals surface area (Å²) >= 11 is 0. The van der Waals surface area contributed by atoms with E-state index in [4.69, 9.17) is 11.5 Å². The predicted octanol–water partition coefficient (Wildman–Crippen LogP) is 6.21. The number of hydrogen-bond donors (Lipinski definition) is 4. The van der Waals surface area contributed by atoms with E-state index in [0.717, 1.165) is 103 Å². The molecular weight excluding hydrogens is 548 g/mol. The van der Waals surface area contributed by atoms with Crippen molar-refractivity contribution in [1.29, 1.82) is 0 Å². The third-order valence-electron chi connectivity index (χ3n) is 10.0. The van der Waals surface area contributed by atoms with E-state index in [1.807, 2.05) is 0 Å². The van der Waals surface area contributed by atoms with Crippen molar-refractivity contribution in [2.75, 3.05) is 13.1 Å². The van der Waals surface area contributed by atoms with Gasteiger partial charge in [-0.3, -0.25) is 19.4 Å². The molecular formula is C36H72N6O2. The van der Waals surface area contributed by atoms with E-state index < -0.39 is 5.66 Å². The molecule has 0 spiro atoms. The summed E-state index contributed by atoms with van der Waals surface area (Å²) in [5, 5.41) is 7.77. The van der Waals surface area contributed by atoms with Crippen LogP contribution in [0.4, 0.5) is 0 Å². The fourth-order valence-corrected chi connectivity index (χ4v) is 9.03. The number of nitrogens with zero attached hydrogens (tertiary/aromatic N) is 2. The Bertz CT molecular complexity index is 832. The number of nitrogens with one attached hydrogen (secondary N) is 2. The highest BCUT2D eigenvalue weighted by atomic mass is 16.2. The fraction of sp³-hybridized carbons (Fsp3) is 0.944. The van der Waals surface area contributed by atoms with Crippen LogP contribution in [0.1, 0.15) is 166 Å². The summed E-state index contributed by atoms with van der Waals surface area (Å²) in [5.41, 5.74) is 11.1. The number of piperidine rings is 2. The van der Waals surface area contributed by atoms with Crippen LogP contribution in [0.15, 0.2) is 0 Å². The first kappa shape index (κ1) is 39.0.